The molecule has 0 bridgehead atoms. The van der Waals surface area contributed by atoms with Crippen LogP contribution in [0.1, 0.15) is 38.9 Å². The Balaban J connectivity index is 2.72. The van der Waals surface area contributed by atoms with Crippen LogP contribution in [-0.2, 0) is 0 Å². The first-order valence-electron chi connectivity index (χ1n) is 7.02. The van der Waals surface area contributed by atoms with Gasteiger partial charge in [0, 0.05) is 0 Å². The van der Waals surface area contributed by atoms with Gasteiger partial charge in [-0.15, -0.1) is 0 Å². The third-order valence-corrected chi connectivity index (χ3v) is 5.16. The monoisotopic (exact) mass is 394 g/mol. The number of benzene rings is 2. The molecule has 21 heavy (non-hydrogen) atoms. The van der Waals surface area contributed by atoms with E-state index in [1.54, 1.807) is 0 Å². The minimum absolute atomic E-state index is 0.198. The third kappa shape index (κ3) is 2.91. The van der Waals surface area contributed by atoms with E-state index in [4.69, 9.17) is 0 Å². The summed E-state index contributed by atoms with van der Waals surface area (Å²) in [5.41, 5.74) is 10.1. The second-order valence-corrected chi connectivity index (χ2v) is 6.15. The average molecular weight is 394 g/mol. The highest BCUT2D eigenvalue weighted by atomic mass is 127. The van der Waals surface area contributed by atoms with Crippen LogP contribution in [0.15, 0.2) is 28.3 Å². The first kappa shape index (κ1) is 16.2. The molecule has 0 aliphatic heterocycles. The van der Waals surface area contributed by atoms with Crippen molar-refractivity contribution in [3.05, 3.63) is 73.1 Å². The molecule has 0 saturated heterocycles. The average Bonchev–Trinajstić information content (AvgIpc) is 2.49. The van der Waals surface area contributed by atoms with E-state index in [0.29, 0.717) is 0 Å². The highest BCUT2D eigenvalue weighted by molar-refractivity contribution is 14.1. The zero-order valence-electron chi connectivity index (χ0n) is 13.1. The van der Waals surface area contributed by atoms with E-state index >= 15 is 0 Å². The fourth-order valence-corrected chi connectivity index (χ4v) is 3.47. The molecule has 110 valence electrons. The maximum atomic E-state index is 13.2. The number of halogens is 2. The van der Waals surface area contributed by atoms with Crippen molar-refractivity contribution in [3.63, 3.8) is 0 Å². The molecule has 0 saturated carbocycles. The smallest absolute Gasteiger partial charge is 0.123 e. The lowest BCUT2D eigenvalue weighted by atomic mass is 9.84. The van der Waals surface area contributed by atoms with Gasteiger partial charge in [-0.05, 0) is 95.4 Å². The zero-order valence-corrected chi connectivity index (χ0v) is 15.3. The molecule has 0 radical (unpaired) electrons. The van der Waals surface area contributed by atoms with Crippen LogP contribution in [0.5, 0.6) is 0 Å². The Labute approximate surface area is 140 Å². The minimum Gasteiger partial charge on any atom is -0.207 e. The van der Waals surface area contributed by atoms with Gasteiger partial charge in [-0.25, -0.2) is 4.39 Å². The summed E-state index contributed by atoms with van der Waals surface area (Å²) < 4.78 is 15.3. The summed E-state index contributed by atoms with van der Waals surface area (Å²) in [5.74, 6) is -0.198. The topological polar surface area (TPSA) is 0 Å². The van der Waals surface area contributed by atoms with Gasteiger partial charge in [-0.2, -0.15) is 0 Å². The Bertz CT molecular complexity index is 680. The van der Waals surface area contributed by atoms with Gasteiger partial charge < -0.3 is 0 Å². The van der Waals surface area contributed by atoms with Crippen molar-refractivity contribution in [1.82, 2.24) is 0 Å². The molecule has 0 amide bonds. The molecule has 0 heterocycles. The zero-order chi connectivity index (χ0) is 15.7. The van der Waals surface area contributed by atoms with E-state index in [9.17, 15) is 4.39 Å². The lowest BCUT2D eigenvalue weighted by molar-refractivity contribution is 0.627. The Morgan fingerprint density at radius 3 is 1.67 bits per heavy atom. The molecule has 0 aliphatic carbocycles. The molecular weight excluding hydrogens is 374 g/mol. The van der Waals surface area contributed by atoms with Crippen molar-refractivity contribution in [3.8, 4) is 0 Å². The first-order valence-corrected chi connectivity index (χ1v) is 8.26. The number of hydrogen-bond donors (Lipinski definition) is 0. The predicted octanol–water partition coefficient (Wildman–Crippen LogP) is 6.19. The van der Waals surface area contributed by atoms with Gasteiger partial charge in [0.15, 0.2) is 0 Å². The van der Waals surface area contributed by atoms with Crippen LogP contribution in [0, 0.1) is 40.4 Å². The molecule has 0 aliphatic rings. The first-order chi connectivity index (χ1) is 9.88. The number of hydrogen-bond acceptors (Lipinski definition) is 0. The summed E-state index contributed by atoms with van der Waals surface area (Å²) in [4.78, 5) is 0. The minimum atomic E-state index is -0.198. The van der Waals surface area contributed by atoms with Gasteiger partial charge in [-0.1, -0.05) is 34.7 Å². The maximum Gasteiger partial charge on any atom is 0.123 e. The molecular formula is C19H20FI. The van der Waals surface area contributed by atoms with E-state index in [2.05, 4.69) is 61.3 Å². The Morgan fingerprint density at radius 1 is 0.810 bits per heavy atom. The highest BCUT2D eigenvalue weighted by Crippen LogP contribution is 2.35. The molecule has 2 heteroatoms. The van der Waals surface area contributed by atoms with Crippen LogP contribution in [0.3, 0.4) is 0 Å². The van der Waals surface area contributed by atoms with Crippen LogP contribution in [0.4, 0.5) is 4.39 Å². The van der Waals surface area contributed by atoms with Gasteiger partial charge in [0.1, 0.15) is 5.82 Å². The fourth-order valence-electron chi connectivity index (χ4n) is 2.80. The fraction of sp³-hybridized carbons (Fsp3) is 0.263. The van der Waals surface area contributed by atoms with Gasteiger partial charge >= 0.3 is 0 Å². The van der Waals surface area contributed by atoms with Crippen molar-refractivity contribution >= 4 is 28.2 Å². The van der Waals surface area contributed by atoms with Crippen LogP contribution in [-0.4, -0.2) is 0 Å². The molecule has 0 nitrogen and oxygen atoms in total. The quantitative estimate of drug-likeness (QED) is 0.533. The summed E-state index contributed by atoms with van der Waals surface area (Å²) in [6.45, 7) is 10.9. The second kappa shape index (κ2) is 6.30. The Hall–Kier alpha value is -1.16. The Morgan fingerprint density at radius 2 is 1.24 bits per heavy atom. The molecule has 0 aromatic heterocycles. The van der Waals surface area contributed by atoms with Gasteiger partial charge in [0.05, 0.1) is 0 Å². The molecule has 0 spiro atoms. The maximum absolute atomic E-state index is 13.2. The van der Waals surface area contributed by atoms with Gasteiger partial charge in [0.25, 0.3) is 0 Å². The van der Waals surface area contributed by atoms with Gasteiger partial charge in [0.2, 0.25) is 0 Å². The van der Waals surface area contributed by atoms with Crippen molar-refractivity contribution in [2.45, 2.75) is 34.6 Å². The van der Waals surface area contributed by atoms with E-state index in [0.717, 1.165) is 11.1 Å². The lowest BCUT2D eigenvalue weighted by Gasteiger charge is -2.21. The normalized spacial score (nSPS) is 11.9. The number of rotatable bonds is 2. The predicted molar refractivity (Wildman–Crippen MR) is 97.6 cm³/mol. The molecule has 0 unspecified atom stereocenters. The van der Waals surface area contributed by atoms with Crippen LogP contribution >= 0.6 is 22.6 Å². The van der Waals surface area contributed by atoms with Crippen LogP contribution in [0.2, 0.25) is 0 Å². The summed E-state index contributed by atoms with van der Waals surface area (Å²) in [6.07, 6.45) is 0. The highest BCUT2D eigenvalue weighted by Gasteiger charge is 2.16. The van der Waals surface area contributed by atoms with Crippen molar-refractivity contribution in [2.24, 2.45) is 0 Å². The molecule has 0 N–H and O–H groups in total. The van der Waals surface area contributed by atoms with Crippen LogP contribution < -0.4 is 0 Å². The van der Waals surface area contributed by atoms with Gasteiger partial charge in [-0.3, -0.25) is 0 Å². The molecule has 2 aromatic carbocycles. The van der Waals surface area contributed by atoms with Crippen molar-refractivity contribution < 1.29 is 4.39 Å². The molecule has 2 rings (SSSR count). The van der Waals surface area contributed by atoms with Crippen molar-refractivity contribution in [1.29, 1.82) is 0 Å². The molecule has 2 aromatic rings. The summed E-state index contributed by atoms with van der Waals surface area (Å²) in [5, 5.41) is 0. The molecule has 0 fully saturated rings. The third-order valence-electron chi connectivity index (χ3n) is 4.53. The van der Waals surface area contributed by atoms with Crippen LogP contribution in [0.25, 0.3) is 5.57 Å². The largest absolute Gasteiger partial charge is 0.207 e. The standard InChI is InChI=1S/C19H20FI/c1-11-12(2)14(4)19(15(5)13(11)3)18(10-21)16-6-8-17(20)9-7-16/h6-10H,1-5H3/b18-10+. The molecule has 0 atom stereocenters. The second-order valence-electron chi connectivity index (χ2n) is 5.53. The summed E-state index contributed by atoms with van der Waals surface area (Å²) in [6, 6.07) is 6.74. The van der Waals surface area contributed by atoms with E-state index in [-0.39, 0.29) is 5.82 Å². The summed E-state index contributed by atoms with van der Waals surface area (Å²) >= 11 is 2.27. The van der Waals surface area contributed by atoms with E-state index < -0.39 is 0 Å². The Kier molecular flexibility index (Phi) is 4.87. The SMILES string of the molecule is Cc1c(C)c(C)c(/C(=C/I)c2ccc(F)cc2)c(C)c1C. The summed E-state index contributed by atoms with van der Waals surface area (Å²) in [7, 11) is 0. The van der Waals surface area contributed by atoms with E-state index in [1.165, 1.54) is 45.5 Å². The van der Waals surface area contributed by atoms with E-state index in [1.807, 2.05) is 12.1 Å². The lowest BCUT2D eigenvalue weighted by Crippen LogP contribution is -2.03. The van der Waals surface area contributed by atoms with Crippen molar-refractivity contribution in [2.75, 3.05) is 0 Å².